The van der Waals surface area contributed by atoms with Gasteiger partial charge in [0, 0.05) is 55.1 Å². The first kappa shape index (κ1) is 30.7. The number of alkyl halides is 3. The van der Waals surface area contributed by atoms with Crippen molar-refractivity contribution < 1.29 is 26.7 Å². The number of aromatic nitrogens is 5. The third-order valence-electron chi connectivity index (χ3n) is 7.96. The van der Waals surface area contributed by atoms with E-state index in [1.807, 2.05) is 4.90 Å². The molecule has 1 aliphatic carbocycles. The summed E-state index contributed by atoms with van der Waals surface area (Å²) in [5, 5.41) is 16.8. The lowest BCUT2D eigenvalue weighted by Crippen LogP contribution is -2.46. The van der Waals surface area contributed by atoms with Gasteiger partial charge in [-0.3, -0.25) is 9.88 Å². The summed E-state index contributed by atoms with van der Waals surface area (Å²) in [5.74, 6) is -2.19. The van der Waals surface area contributed by atoms with Crippen molar-refractivity contribution in [2.24, 2.45) is 5.41 Å². The number of rotatable bonds is 9. The standard InChI is InChI=1S/C30H26ClF5N8O/c31-21-2-1-18(23(33)12-21)16-45-27-22(32)3-4-25(39-27)44-9-7-43(8-10-44)15-24-19(13-29(17-37)5-6-29)11-20(14-38-24)26-40-28(42-41-26)30(34,35)36/h1-4,11-12,14H,5-10,13,15-16H2,(H,40,41,42). The highest BCUT2D eigenvalue weighted by molar-refractivity contribution is 6.30. The number of anilines is 1. The van der Waals surface area contributed by atoms with Crippen LogP contribution in [0.4, 0.5) is 27.8 Å². The lowest BCUT2D eigenvalue weighted by Gasteiger charge is -2.35. The minimum absolute atomic E-state index is 0.0495. The Hall–Kier alpha value is -4.35. The predicted molar refractivity (Wildman–Crippen MR) is 153 cm³/mol. The number of nitrogens with zero attached hydrogens (tertiary/aromatic N) is 7. The summed E-state index contributed by atoms with van der Waals surface area (Å²) < 4.78 is 73.3. The van der Waals surface area contributed by atoms with Gasteiger partial charge in [0.05, 0.1) is 17.2 Å². The molecule has 45 heavy (non-hydrogen) atoms. The Morgan fingerprint density at radius 1 is 1.00 bits per heavy atom. The fraction of sp³-hybridized carbons (Fsp3) is 0.367. The molecule has 1 saturated carbocycles. The summed E-state index contributed by atoms with van der Waals surface area (Å²) in [7, 11) is 0. The molecule has 0 radical (unpaired) electrons. The molecule has 1 aliphatic heterocycles. The van der Waals surface area contributed by atoms with E-state index in [4.69, 9.17) is 16.3 Å². The largest absolute Gasteiger partial charge is 0.471 e. The van der Waals surface area contributed by atoms with Crippen molar-refractivity contribution in [1.29, 1.82) is 5.26 Å². The number of halogens is 6. The molecular weight excluding hydrogens is 619 g/mol. The summed E-state index contributed by atoms with van der Waals surface area (Å²) in [6.07, 6.45) is -1.27. The highest BCUT2D eigenvalue weighted by Crippen LogP contribution is 2.48. The Morgan fingerprint density at radius 2 is 1.78 bits per heavy atom. The van der Waals surface area contributed by atoms with E-state index in [0.717, 1.165) is 30.2 Å². The molecule has 0 unspecified atom stereocenters. The summed E-state index contributed by atoms with van der Waals surface area (Å²) >= 11 is 5.79. The molecule has 15 heteroatoms. The van der Waals surface area contributed by atoms with E-state index in [1.165, 1.54) is 24.4 Å². The second-order valence-electron chi connectivity index (χ2n) is 11.2. The van der Waals surface area contributed by atoms with Gasteiger partial charge in [0.2, 0.25) is 5.82 Å². The number of hydrogen-bond acceptors (Lipinski definition) is 8. The summed E-state index contributed by atoms with van der Waals surface area (Å²) in [6, 6.07) is 11.1. The normalized spacial score (nSPS) is 16.4. The third-order valence-corrected chi connectivity index (χ3v) is 8.19. The van der Waals surface area contributed by atoms with Crippen LogP contribution in [0.2, 0.25) is 5.02 Å². The van der Waals surface area contributed by atoms with E-state index >= 15 is 0 Å². The van der Waals surface area contributed by atoms with E-state index in [2.05, 4.69) is 36.1 Å². The number of hydrogen-bond donors (Lipinski definition) is 1. The first-order valence-electron chi connectivity index (χ1n) is 14.1. The first-order chi connectivity index (χ1) is 21.5. The van der Waals surface area contributed by atoms with Crippen molar-refractivity contribution in [2.45, 2.75) is 38.6 Å². The minimum atomic E-state index is -4.66. The molecule has 1 N–H and O–H groups in total. The number of piperazine rings is 1. The second-order valence-corrected chi connectivity index (χ2v) is 11.6. The molecule has 4 heterocycles. The fourth-order valence-corrected chi connectivity index (χ4v) is 5.31. The average molecular weight is 645 g/mol. The maximum absolute atomic E-state index is 14.5. The monoisotopic (exact) mass is 644 g/mol. The maximum Gasteiger partial charge on any atom is 0.451 e. The maximum atomic E-state index is 14.5. The molecule has 234 valence electrons. The molecule has 9 nitrogen and oxygen atoms in total. The van der Waals surface area contributed by atoms with E-state index < -0.39 is 29.1 Å². The average Bonchev–Trinajstić information content (AvgIpc) is 3.59. The molecule has 1 aromatic carbocycles. The number of aromatic amines is 1. The Morgan fingerprint density at radius 3 is 2.44 bits per heavy atom. The van der Waals surface area contributed by atoms with Gasteiger partial charge in [-0.25, -0.2) is 8.78 Å². The number of pyridine rings is 2. The highest BCUT2D eigenvalue weighted by atomic mass is 35.5. The van der Waals surface area contributed by atoms with Crippen molar-refractivity contribution in [3.8, 4) is 23.3 Å². The van der Waals surface area contributed by atoms with Gasteiger partial charge in [0.25, 0.3) is 5.88 Å². The summed E-state index contributed by atoms with van der Waals surface area (Å²) in [6.45, 7) is 2.62. The molecule has 2 fully saturated rings. The molecule has 0 atom stereocenters. The van der Waals surface area contributed by atoms with Crippen molar-refractivity contribution in [3.63, 3.8) is 0 Å². The first-order valence-corrected chi connectivity index (χ1v) is 14.5. The van der Waals surface area contributed by atoms with Crippen LogP contribution in [0.15, 0.2) is 42.6 Å². The molecular formula is C30H26ClF5N8O. The van der Waals surface area contributed by atoms with E-state index in [0.29, 0.717) is 50.5 Å². The van der Waals surface area contributed by atoms with Gasteiger partial charge in [0.15, 0.2) is 11.6 Å². The number of nitrogens with one attached hydrogen (secondary N) is 1. The van der Waals surface area contributed by atoms with Crippen LogP contribution >= 0.6 is 11.6 Å². The molecule has 4 aromatic rings. The van der Waals surface area contributed by atoms with Gasteiger partial charge in [-0.2, -0.15) is 23.4 Å². The number of benzene rings is 1. The number of H-pyrrole nitrogens is 1. The zero-order valence-corrected chi connectivity index (χ0v) is 24.5. The zero-order valence-electron chi connectivity index (χ0n) is 23.7. The van der Waals surface area contributed by atoms with Crippen molar-refractivity contribution in [2.75, 3.05) is 31.1 Å². The lowest BCUT2D eigenvalue weighted by molar-refractivity contribution is -0.144. The van der Waals surface area contributed by atoms with Crippen molar-refractivity contribution in [3.05, 3.63) is 81.9 Å². The van der Waals surface area contributed by atoms with Crippen LogP contribution in [0.1, 0.15) is 35.5 Å². The smallest absolute Gasteiger partial charge is 0.451 e. The lowest BCUT2D eigenvalue weighted by atomic mass is 9.95. The molecule has 1 saturated heterocycles. The van der Waals surface area contributed by atoms with Gasteiger partial charge in [-0.1, -0.05) is 17.7 Å². The molecule has 6 rings (SSSR count). The number of nitriles is 1. The van der Waals surface area contributed by atoms with Crippen LogP contribution in [-0.4, -0.2) is 56.2 Å². The quantitative estimate of drug-likeness (QED) is 0.223. The highest BCUT2D eigenvalue weighted by Gasteiger charge is 2.43. The van der Waals surface area contributed by atoms with Crippen LogP contribution in [0.3, 0.4) is 0 Å². The molecule has 2 aliphatic rings. The minimum Gasteiger partial charge on any atom is -0.471 e. The Kier molecular flexibility index (Phi) is 8.32. The van der Waals surface area contributed by atoms with Crippen molar-refractivity contribution >= 4 is 17.4 Å². The van der Waals surface area contributed by atoms with Crippen LogP contribution in [0.5, 0.6) is 5.88 Å². The van der Waals surface area contributed by atoms with E-state index in [-0.39, 0.29) is 28.9 Å². The van der Waals surface area contributed by atoms with Crippen molar-refractivity contribution in [1.82, 2.24) is 30.0 Å². The van der Waals surface area contributed by atoms with Gasteiger partial charge < -0.3 is 14.6 Å². The summed E-state index contributed by atoms with van der Waals surface area (Å²) in [4.78, 5) is 15.3. The van der Waals surface area contributed by atoms with Gasteiger partial charge >= 0.3 is 6.18 Å². The SMILES string of the molecule is N#CC1(Cc2cc(-c3nnc(C(F)(F)F)[nH]3)cnc2CN2CCN(c3ccc(F)c(OCc4ccc(Cl)cc4F)n3)CC2)CC1. The van der Waals surface area contributed by atoms with Gasteiger partial charge in [0.1, 0.15) is 18.2 Å². The van der Waals surface area contributed by atoms with Gasteiger partial charge in [-0.05, 0) is 55.2 Å². The molecule has 3 aromatic heterocycles. The topological polar surface area (TPSA) is 107 Å². The predicted octanol–water partition coefficient (Wildman–Crippen LogP) is 5.96. The Bertz CT molecular complexity index is 1750. The van der Waals surface area contributed by atoms with E-state index in [1.54, 1.807) is 12.1 Å². The van der Waals surface area contributed by atoms with E-state index in [9.17, 15) is 27.2 Å². The Balaban J connectivity index is 1.12. The third kappa shape index (κ3) is 6.99. The van der Waals surface area contributed by atoms with Crippen LogP contribution in [-0.2, 0) is 25.7 Å². The Labute approximate surface area is 259 Å². The van der Waals surface area contributed by atoms with Crippen LogP contribution < -0.4 is 9.64 Å². The molecule has 0 bridgehead atoms. The zero-order chi connectivity index (χ0) is 31.8. The molecule has 0 spiro atoms. The van der Waals surface area contributed by atoms with Crippen LogP contribution in [0, 0.1) is 28.4 Å². The summed E-state index contributed by atoms with van der Waals surface area (Å²) in [5.41, 5.74) is 1.58. The van der Waals surface area contributed by atoms with Crippen LogP contribution in [0.25, 0.3) is 11.4 Å². The van der Waals surface area contributed by atoms with Gasteiger partial charge in [-0.15, -0.1) is 10.2 Å². The second kappa shape index (κ2) is 12.2. The number of ether oxygens (including phenoxy) is 1. The fourth-order valence-electron chi connectivity index (χ4n) is 5.15. The molecule has 0 amide bonds.